The first-order valence-electron chi connectivity index (χ1n) is 8.73. The number of amides is 3. The zero-order valence-electron chi connectivity index (χ0n) is 15.1. The zero-order chi connectivity index (χ0) is 18.8. The topological polar surface area (TPSA) is 57.7 Å². The minimum atomic E-state index is -0.756. The Morgan fingerprint density at radius 2 is 1.96 bits per heavy atom. The molecule has 3 amide bonds. The Morgan fingerprint density at radius 3 is 2.54 bits per heavy atom. The fraction of sp³-hybridized carbons (Fsp3) is 0.350. The van der Waals surface area contributed by atoms with E-state index in [1.165, 1.54) is 16.2 Å². The molecule has 6 heteroatoms. The second kappa shape index (κ2) is 7.41. The van der Waals surface area contributed by atoms with Crippen LogP contribution in [0.4, 0.5) is 5.69 Å². The molecule has 0 spiro atoms. The van der Waals surface area contributed by atoms with Gasteiger partial charge < -0.3 is 4.90 Å². The van der Waals surface area contributed by atoms with Gasteiger partial charge in [-0.3, -0.25) is 14.4 Å². The van der Waals surface area contributed by atoms with E-state index in [0.717, 1.165) is 5.56 Å². The van der Waals surface area contributed by atoms with Crippen molar-refractivity contribution >= 4 is 34.7 Å². The maximum atomic E-state index is 13.1. The third-order valence-corrected chi connectivity index (χ3v) is 5.64. The minimum Gasteiger partial charge on any atom is -0.323 e. The lowest BCUT2D eigenvalue weighted by Gasteiger charge is -2.32. The number of benzene rings is 1. The second-order valence-electron chi connectivity index (χ2n) is 6.57. The molecule has 26 heavy (non-hydrogen) atoms. The first kappa shape index (κ1) is 18.3. The molecule has 0 saturated carbocycles. The number of imide groups is 1. The molecule has 1 saturated heterocycles. The van der Waals surface area contributed by atoms with Crippen LogP contribution in [0, 0.1) is 6.92 Å². The molecule has 0 radical (unpaired) electrons. The highest BCUT2D eigenvalue weighted by Gasteiger charge is 2.45. The third-order valence-electron chi connectivity index (χ3n) is 4.78. The number of thiophene rings is 1. The first-order valence-corrected chi connectivity index (χ1v) is 9.61. The van der Waals surface area contributed by atoms with Crippen LogP contribution in [0.3, 0.4) is 0 Å². The van der Waals surface area contributed by atoms with E-state index in [4.69, 9.17) is 0 Å². The van der Waals surface area contributed by atoms with Gasteiger partial charge in [-0.25, -0.2) is 4.90 Å². The van der Waals surface area contributed by atoms with Gasteiger partial charge in [-0.05, 0) is 43.8 Å². The summed E-state index contributed by atoms with van der Waals surface area (Å²) < 4.78 is 0. The molecule has 3 rings (SSSR count). The molecule has 1 aromatic heterocycles. The lowest BCUT2D eigenvalue weighted by molar-refractivity contribution is -0.122. The average Bonchev–Trinajstić information content (AvgIpc) is 3.25. The largest absolute Gasteiger partial charge is 0.323 e. The van der Waals surface area contributed by atoms with Crippen LogP contribution in [0.15, 0.2) is 41.8 Å². The maximum absolute atomic E-state index is 13.1. The van der Waals surface area contributed by atoms with Gasteiger partial charge in [0, 0.05) is 6.04 Å². The maximum Gasteiger partial charge on any atom is 0.264 e. The standard InChI is InChI=1S/C20H22N2O3S/c1-4-14(3)21(20(25)17-6-5-11-26-17)16-12-18(23)22(19(16)24)15-9-7-13(2)8-10-15/h5-11,14,16H,4,12H2,1-3H3. The molecule has 0 bridgehead atoms. The van der Waals surface area contributed by atoms with Crippen molar-refractivity contribution in [2.45, 2.75) is 45.7 Å². The highest BCUT2D eigenvalue weighted by Crippen LogP contribution is 2.29. The number of anilines is 1. The van der Waals surface area contributed by atoms with Gasteiger partial charge in [0.1, 0.15) is 6.04 Å². The Bertz CT molecular complexity index is 814. The molecule has 2 aromatic rings. The van der Waals surface area contributed by atoms with Crippen molar-refractivity contribution < 1.29 is 14.4 Å². The lowest BCUT2D eigenvalue weighted by atomic mass is 10.1. The minimum absolute atomic E-state index is 0.0220. The zero-order valence-corrected chi connectivity index (χ0v) is 16.0. The van der Waals surface area contributed by atoms with Crippen LogP contribution in [-0.4, -0.2) is 34.7 Å². The summed E-state index contributed by atoms with van der Waals surface area (Å²) in [5.74, 6) is -0.786. The summed E-state index contributed by atoms with van der Waals surface area (Å²) in [6.45, 7) is 5.83. The summed E-state index contributed by atoms with van der Waals surface area (Å²) in [5.41, 5.74) is 1.61. The van der Waals surface area contributed by atoms with Crippen molar-refractivity contribution in [3.05, 3.63) is 52.2 Å². The third kappa shape index (κ3) is 3.29. The van der Waals surface area contributed by atoms with Crippen LogP contribution in [0.2, 0.25) is 0 Å². The number of nitrogens with zero attached hydrogens (tertiary/aromatic N) is 2. The number of hydrogen-bond acceptors (Lipinski definition) is 4. The number of aryl methyl sites for hydroxylation is 1. The van der Waals surface area contributed by atoms with E-state index in [9.17, 15) is 14.4 Å². The molecule has 2 unspecified atom stereocenters. The molecule has 5 nitrogen and oxygen atoms in total. The molecule has 2 heterocycles. The van der Waals surface area contributed by atoms with Crippen LogP contribution in [0.5, 0.6) is 0 Å². The van der Waals surface area contributed by atoms with Crippen molar-refractivity contribution in [2.75, 3.05) is 4.90 Å². The average molecular weight is 370 g/mol. The van der Waals surface area contributed by atoms with E-state index in [1.54, 1.807) is 23.1 Å². The summed E-state index contributed by atoms with van der Waals surface area (Å²) in [6, 6.07) is 9.94. The monoisotopic (exact) mass is 370 g/mol. The van der Waals surface area contributed by atoms with Crippen molar-refractivity contribution in [3.63, 3.8) is 0 Å². The summed E-state index contributed by atoms with van der Waals surface area (Å²) in [7, 11) is 0. The van der Waals surface area contributed by atoms with E-state index in [-0.39, 0.29) is 30.2 Å². The van der Waals surface area contributed by atoms with Crippen molar-refractivity contribution in [2.24, 2.45) is 0 Å². The lowest BCUT2D eigenvalue weighted by Crippen LogP contribution is -2.49. The fourth-order valence-corrected chi connectivity index (χ4v) is 3.84. The SMILES string of the molecule is CCC(C)N(C(=O)c1cccs1)C1CC(=O)N(c2ccc(C)cc2)C1=O. The van der Waals surface area contributed by atoms with E-state index < -0.39 is 6.04 Å². The van der Waals surface area contributed by atoms with Crippen LogP contribution in [0.25, 0.3) is 0 Å². The summed E-state index contributed by atoms with van der Waals surface area (Å²) in [4.78, 5) is 42.0. The van der Waals surface area contributed by atoms with E-state index in [2.05, 4.69) is 0 Å². The molecule has 1 aromatic carbocycles. The molecule has 1 aliphatic rings. The van der Waals surface area contributed by atoms with E-state index >= 15 is 0 Å². The molecule has 1 fully saturated rings. The molecule has 2 atom stereocenters. The molecular weight excluding hydrogens is 348 g/mol. The predicted octanol–water partition coefficient (Wildman–Crippen LogP) is 3.63. The van der Waals surface area contributed by atoms with Crippen molar-refractivity contribution in [1.29, 1.82) is 0 Å². The normalized spacial score (nSPS) is 18.3. The highest BCUT2D eigenvalue weighted by atomic mass is 32.1. The summed E-state index contributed by atoms with van der Waals surface area (Å²) >= 11 is 1.35. The van der Waals surface area contributed by atoms with Gasteiger partial charge in [-0.1, -0.05) is 30.7 Å². The first-order chi connectivity index (χ1) is 12.4. The van der Waals surface area contributed by atoms with Crippen LogP contribution >= 0.6 is 11.3 Å². The molecule has 0 aliphatic carbocycles. The van der Waals surface area contributed by atoms with Gasteiger partial charge in [0.2, 0.25) is 5.91 Å². The van der Waals surface area contributed by atoms with Gasteiger partial charge in [0.05, 0.1) is 17.0 Å². The van der Waals surface area contributed by atoms with Crippen LogP contribution < -0.4 is 4.90 Å². The predicted molar refractivity (Wildman–Crippen MR) is 102 cm³/mol. The van der Waals surface area contributed by atoms with Gasteiger partial charge in [-0.2, -0.15) is 0 Å². The number of carbonyl (C=O) groups is 3. The molecule has 136 valence electrons. The van der Waals surface area contributed by atoms with Crippen molar-refractivity contribution in [3.8, 4) is 0 Å². The van der Waals surface area contributed by atoms with Gasteiger partial charge in [-0.15, -0.1) is 11.3 Å². The van der Waals surface area contributed by atoms with E-state index in [0.29, 0.717) is 17.0 Å². The molecular formula is C20H22N2O3S. The van der Waals surface area contributed by atoms with Crippen molar-refractivity contribution in [1.82, 2.24) is 4.90 Å². The second-order valence-corrected chi connectivity index (χ2v) is 7.52. The smallest absolute Gasteiger partial charge is 0.264 e. The number of carbonyl (C=O) groups excluding carboxylic acids is 3. The Morgan fingerprint density at radius 1 is 1.27 bits per heavy atom. The van der Waals surface area contributed by atoms with Gasteiger partial charge >= 0.3 is 0 Å². The summed E-state index contributed by atoms with van der Waals surface area (Å²) in [5, 5.41) is 1.84. The van der Waals surface area contributed by atoms with Gasteiger partial charge in [0.15, 0.2) is 0 Å². The number of hydrogen-bond donors (Lipinski definition) is 0. The quantitative estimate of drug-likeness (QED) is 0.755. The number of rotatable bonds is 5. The molecule has 1 aliphatic heterocycles. The Balaban J connectivity index is 1.93. The molecule has 0 N–H and O–H groups in total. The van der Waals surface area contributed by atoms with Crippen LogP contribution in [-0.2, 0) is 9.59 Å². The van der Waals surface area contributed by atoms with Gasteiger partial charge in [0.25, 0.3) is 11.8 Å². The highest BCUT2D eigenvalue weighted by molar-refractivity contribution is 7.12. The Kier molecular flexibility index (Phi) is 5.23. The Labute approximate surface area is 157 Å². The van der Waals surface area contributed by atoms with Crippen LogP contribution in [0.1, 0.15) is 41.9 Å². The fourth-order valence-electron chi connectivity index (χ4n) is 3.17. The van der Waals surface area contributed by atoms with E-state index in [1.807, 2.05) is 44.4 Å². The Hall–Kier alpha value is -2.47. The summed E-state index contributed by atoms with van der Waals surface area (Å²) in [6.07, 6.45) is 0.730.